The van der Waals surface area contributed by atoms with Gasteiger partial charge in [0.15, 0.2) is 5.78 Å². The van der Waals surface area contributed by atoms with Crippen LogP contribution >= 0.6 is 0 Å². The third kappa shape index (κ3) is 3.67. The summed E-state index contributed by atoms with van der Waals surface area (Å²) in [6.07, 6.45) is 0. The minimum atomic E-state index is -0.668. The van der Waals surface area contributed by atoms with Crippen LogP contribution in [-0.4, -0.2) is 11.5 Å². The van der Waals surface area contributed by atoms with Crippen LogP contribution in [0.3, 0.4) is 0 Å². The minimum absolute atomic E-state index is 0.202. The number of rotatable bonds is 3. The first-order valence-corrected chi connectivity index (χ1v) is 5.39. The third-order valence-corrected chi connectivity index (χ3v) is 2.14. The molecule has 0 heterocycles. The Kier molecular flexibility index (Phi) is 4.16. The SMILES string of the molecule is CC(C)(C)C(=O)/C(C#N)=N/Nc1ccc(F)cc1. The van der Waals surface area contributed by atoms with Crippen LogP contribution in [0.25, 0.3) is 0 Å². The number of nitriles is 1. The third-order valence-electron chi connectivity index (χ3n) is 2.14. The summed E-state index contributed by atoms with van der Waals surface area (Å²) in [6.45, 7) is 5.13. The van der Waals surface area contributed by atoms with Crippen molar-refractivity contribution in [3.05, 3.63) is 30.1 Å². The molecule has 0 saturated carbocycles. The standard InChI is InChI=1S/C13H14FN3O/c1-13(2,3)12(18)11(8-15)17-16-10-6-4-9(14)5-7-10/h4-7,16H,1-3H3/b17-11+. The van der Waals surface area contributed by atoms with Gasteiger partial charge in [0.25, 0.3) is 0 Å². The molecule has 0 unspecified atom stereocenters. The zero-order valence-electron chi connectivity index (χ0n) is 10.5. The molecule has 0 aliphatic rings. The number of nitrogens with zero attached hydrogens (tertiary/aromatic N) is 2. The van der Waals surface area contributed by atoms with Gasteiger partial charge in [-0.1, -0.05) is 20.8 Å². The Morgan fingerprint density at radius 2 is 1.89 bits per heavy atom. The Balaban J connectivity index is 2.85. The number of hydrazone groups is 1. The van der Waals surface area contributed by atoms with Crippen molar-refractivity contribution in [3.8, 4) is 6.07 Å². The van der Waals surface area contributed by atoms with Gasteiger partial charge in [0.2, 0.25) is 5.71 Å². The Morgan fingerprint density at radius 3 is 2.33 bits per heavy atom. The van der Waals surface area contributed by atoms with Crippen LogP contribution in [-0.2, 0) is 4.79 Å². The number of carbonyl (C=O) groups excluding carboxylic acids is 1. The molecule has 4 nitrogen and oxygen atoms in total. The molecule has 1 aromatic rings. The Morgan fingerprint density at radius 1 is 1.33 bits per heavy atom. The van der Waals surface area contributed by atoms with Crippen LogP contribution in [0.1, 0.15) is 20.8 Å². The van der Waals surface area contributed by atoms with Gasteiger partial charge in [-0.2, -0.15) is 10.4 Å². The van der Waals surface area contributed by atoms with Crippen molar-refractivity contribution >= 4 is 17.2 Å². The van der Waals surface area contributed by atoms with Crippen LogP contribution in [0.15, 0.2) is 29.4 Å². The zero-order valence-corrected chi connectivity index (χ0v) is 10.5. The smallest absolute Gasteiger partial charge is 0.204 e. The summed E-state index contributed by atoms with van der Waals surface area (Å²) in [7, 11) is 0. The van der Waals surface area contributed by atoms with Gasteiger partial charge >= 0.3 is 0 Å². The topological polar surface area (TPSA) is 65.2 Å². The predicted molar refractivity (Wildman–Crippen MR) is 67.5 cm³/mol. The summed E-state index contributed by atoms with van der Waals surface area (Å²) >= 11 is 0. The fourth-order valence-electron chi connectivity index (χ4n) is 1.13. The summed E-state index contributed by atoms with van der Waals surface area (Å²) < 4.78 is 12.7. The van der Waals surface area contributed by atoms with E-state index in [2.05, 4.69) is 10.5 Å². The molecule has 0 aromatic heterocycles. The first kappa shape index (κ1) is 13.8. The van der Waals surface area contributed by atoms with Crippen LogP contribution < -0.4 is 5.43 Å². The lowest BCUT2D eigenvalue weighted by atomic mass is 9.88. The van der Waals surface area contributed by atoms with E-state index in [9.17, 15) is 9.18 Å². The van der Waals surface area contributed by atoms with E-state index in [-0.39, 0.29) is 17.3 Å². The molecule has 1 rings (SSSR count). The number of Topliss-reactive ketones (excluding diaryl/α,β-unsaturated/α-hetero) is 1. The van der Waals surface area contributed by atoms with E-state index in [1.165, 1.54) is 24.3 Å². The van der Waals surface area contributed by atoms with E-state index in [0.29, 0.717) is 5.69 Å². The van der Waals surface area contributed by atoms with E-state index >= 15 is 0 Å². The molecule has 0 spiro atoms. The van der Waals surface area contributed by atoms with Crippen molar-refractivity contribution < 1.29 is 9.18 Å². The van der Waals surface area contributed by atoms with E-state index in [1.807, 2.05) is 0 Å². The lowest BCUT2D eigenvalue weighted by molar-refractivity contribution is -0.119. The van der Waals surface area contributed by atoms with Crippen molar-refractivity contribution in [2.24, 2.45) is 10.5 Å². The molecule has 0 atom stereocenters. The summed E-state index contributed by atoms with van der Waals surface area (Å²) in [4.78, 5) is 11.8. The van der Waals surface area contributed by atoms with Crippen LogP contribution in [0, 0.1) is 22.6 Å². The molecule has 94 valence electrons. The molecule has 0 aliphatic heterocycles. The maximum Gasteiger partial charge on any atom is 0.204 e. The highest BCUT2D eigenvalue weighted by atomic mass is 19.1. The van der Waals surface area contributed by atoms with Crippen molar-refractivity contribution in [2.45, 2.75) is 20.8 Å². The lowest BCUT2D eigenvalue weighted by Gasteiger charge is -2.14. The Bertz CT molecular complexity index is 507. The van der Waals surface area contributed by atoms with Gasteiger partial charge < -0.3 is 0 Å². The molecule has 0 fully saturated rings. The average Bonchev–Trinajstić information content (AvgIpc) is 2.31. The molecular weight excluding hydrogens is 233 g/mol. The van der Waals surface area contributed by atoms with Gasteiger partial charge in [0.05, 0.1) is 5.69 Å². The maximum absolute atomic E-state index is 12.7. The highest BCUT2D eigenvalue weighted by molar-refractivity contribution is 6.47. The number of hydrogen-bond donors (Lipinski definition) is 1. The fourth-order valence-corrected chi connectivity index (χ4v) is 1.13. The molecule has 0 aliphatic carbocycles. The second kappa shape index (κ2) is 5.41. The van der Waals surface area contributed by atoms with E-state index < -0.39 is 5.41 Å². The van der Waals surface area contributed by atoms with Crippen molar-refractivity contribution in [1.29, 1.82) is 5.26 Å². The van der Waals surface area contributed by atoms with Crippen LogP contribution in [0.2, 0.25) is 0 Å². The number of ketones is 1. The Hall–Kier alpha value is -2.22. The molecular formula is C13H14FN3O. The molecule has 1 N–H and O–H groups in total. The second-order valence-corrected chi connectivity index (χ2v) is 4.77. The quantitative estimate of drug-likeness (QED) is 0.659. The van der Waals surface area contributed by atoms with E-state index in [0.717, 1.165) is 0 Å². The highest BCUT2D eigenvalue weighted by Gasteiger charge is 2.26. The summed E-state index contributed by atoms with van der Waals surface area (Å²) in [6, 6.07) is 7.21. The van der Waals surface area contributed by atoms with E-state index in [4.69, 9.17) is 5.26 Å². The molecule has 0 bridgehead atoms. The largest absolute Gasteiger partial charge is 0.291 e. The minimum Gasteiger partial charge on any atom is -0.291 e. The van der Waals surface area contributed by atoms with Crippen molar-refractivity contribution in [2.75, 3.05) is 5.43 Å². The second-order valence-electron chi connectivity index (χ2n) is 4.77. The summed E-state index contributed by atoms with van der Waals surface area (Å²) in [5, 5.41) is 12.6. The molecule has 0 amide bonds. The van der Waals surface area contributed by atoms with Gasteiger partial charge in [-0.05, 0) is 24.3 Å². The number of hydrogen-bond acceptors (Lipinski definition) is 4. The lowest BCUT2D eigenvalue weighted by Crippen LogP contribution is -2.28. The van der Waals surface area contributed by atoms with E-state index in [1.54, 1.807) is 26.8 Å². The normalized spacial score (nSPS) is 11.8. The summed E-state index contributed by atoms with van der Waals surface area (Å²) in [5.74, 6) is -0.713. The zero-order chi connectivity index (χ0) is 13.8. The van der Waals surface area contributed by atoms with Crippen LogP contribution in [0.4, 0.5) is 10.1 Å². The summed E-state index contributed by atoms with van der Waals surface area (Å²) in [5.41, 5.74) is 2.19. The molecule has 18 heavy (non-hydrogen) atoms. The number of anilines is 1. The van der Waals surface area contributed by atoms with Crippen molar-refractivity contribution in [1.82, 2.24) is 0 Å². The maximum atomic E-state index is 12.7. The molecule has 1 aromatic carbocycles. The number of nitrogens with one attached hydrogen (secondary N) is 1. The molecule has 5 heteroatoms. The highest BCUT2D eigenvalue weighted by Crippen LogP contribution is 2.15. The fraction of sp³-hybridized carbons (Fsp3) is 0.308. The first-order chi connectivity index (χ1) is 8.34. The first-order valence-electron chi connectivity index (χ1n) is 5.39. The Labute approximate surface area is 105 Å². The monoisotopic (exact) mass is 247 g/mol. The average molecular weight is 247 g/mol. The number of benzene rings is 1. The van der Waals surface area contributed by atoms with Gasteiger partial charge in [-0.3, -0.25) is 10.2 Å². The van der Waals surface area contributed by atoms with Gasteiger partial charge in [0, 0.05) is 5.41 Å². The molecule has 0 radical (unpaired) electrons. The van der Waals surface area contributed by atoms with Crippen molar-refractivity contribution in [3.63, 3.8) is 0 Å². The van der Waals surface area contributed by atoms with Gasteiger partial charge in [-0.25, -0.2) is 4.39 Å². The predicted octanol–water partition coefficient (Wildman–Crippen LogP) is 2.73. The number of carbonyl (C=O) groups is 1. The molecule has 0 saturated heterocycles. The van der Waals surface area contributed by atoms with Gasteiger partial charge in [-0.15, -0.1) is 0 Å². The number of halogens is 1. The van der Waals surface area contributed by atoms with Gasteiger partial charge in [0.1, 0.15) is 11.9 Å². The van der Waals surface area contributed by atoms with Crippen LogP contribution in [0.5, 0.6) is 0 Å².